The smallest absolute Gasteiger partial charge is 0.224 e. The summed E-state index contributed by atoms with van der Waals surface area (Å²) >= 11 is 1.66. The van der Waals surface area contributed by atoms with E-state index in [0.717, 1.165) is 48.9 Å². The van der Waals surface area contributed by atoms with Crippen LogP contribution in [-0.2, 0) is 4.79 Å². The Kier molecular flexibility index (Phi) is 5.45. The Morgan fingerprint density at radius 3 is 2.92 bits per heavy atom. The molecule has 2 aromatic rings. The summed E-state index contributed by atoms with van der Waals surface area (Å²) < 4.78 is 0. The zero-order valence-electron chi connectivity index (χ0n) is 14.2. The van der Waals surface area contributed by atoms with Gasteiger partial charge in [0.05, 0.1) is 10.8 Å². The molecule has 6 heteroatoms. The van der Waals surface area contributed by atoms with E-state index in [1.54, 1.807) is 11.3 Å². The Labute approximate surface area is 147 Å². The van der Waals surface area contributed by atoms with Crippen molar-refractivity contribution in [3.05, 3.63) is 29.6 Å². The van der Waals surface area contributed by atoms with Gasteiger partial charge in [0.15, 0.2) is 5.82 Å². The van der Waals surface area contributed by atoms with Crippen LogP contribution in [0.4, 0.5) is 5.82 Å². The van der Waals surface area contributed by atoms with Crippen LogP contribution < -0.4 is 10.2 Å². The summed E-state index contributed by atoms with van der Waals surface area (Å²) in [6.45, 7) is 6.61. The number of nitrogens with zero attached hydrogens (tertiary/aromatic N) is 3. The van der Waals surface area contributed by atoms with Crippen molar-refractivity contribution in [2.75, 3.05) is 24.5 Å². The van der Waals surface area contributed by atoms with Crippen LogP contribution in [0.25, 0.3) is 10.6 Å². The predicted molar refractivity (Wildman–Crippen MR) is 98.1 cm³/mol. The van der Waals surface area contributed by atoms with Crippen molar-refractivity contribution >= 4 is 23.1 Å². The van der Waals surface area contributed by atoms with E-state index in [4.69, 9.17) is 0 Å². The van der Waals surface area contributed by atoms with E-state index >= 15 is 0 Å². The second kappa shape index (κ2) is 7.75. The fourth-order valence-electron chi connectivity index (χ4n) is 2.90. The molecule has 128 valence electrons. The number of hydrogen-bond donors (Lipinski definition) is 1. The van der Waals surface area contributed by atoms with Crippen LogP contribution in [0.5, 0.6) is 0 Å². The van der Waals surface area contributed by atoms with Gasteiger partial charge in [-0.25, -0.2) is 0 Å². The third kappa shape index (κ3) is 4.12. The molecule has 1 N–H and O–H groups in total. The zero-order valence-corrected chi connectivity index (χ0v) is 15.1. The van der Waals surface area contributed by atoms with E-state index in [1.165, 1.54) is 0 Å². The van der Waals surface area contributed by atoms with Crippen LogP contribution in [0, 0.1) is 11.8 Å². The number of amides is 1. The molecule has 1 aliphatic heterocycles. The van der Waals surface area contributed by atoms with Crippen LogP contribution in [0.1, 0.15) is 26.7 Å². The molecule has 3 rings (SSSR count). The molecular formula is C18H24N4OS. The molecule has 24 heavy (non-hydrogen) atoms. The van der Waals surface area contributed by atoms with Crippen molar-refractivity contribution < 1.29 is 4.79 Å². The number of aromatic nitrogens is 2. The van der Waals surface area contributed by atoms with E-state index < -0.39 is 0 Å². The molecule has 1 atom stereocenters. The molecule has 0 spiro atoms. The number of hydrogen-bond acceptors (Lipinski definition) is 5. The predicted octanol–water partition coefficient (Wildman–Crippen LogP) is 3.19. The highest BCUT2D eigenvalue weighted by atomic mass is 32.1. The maximum atomic E-state index is 12.3. The lowest BCUT2D eigenvalue weighted by Gasteiger charge is -2.32. The first kappa shape index (κ1) is 16.9. The highest BCUT2D eigenvalue weighted by Crippen LogP contribution is 2.25. The number of piperidine rings is 1. The highest BCUT2D eigenvalue weighted by Gasteiger charge is 2.26. The van der Waals surface area contributed by atoms with Gasteiger partial charge in [-0.15, -0.1) is 21.5 Å². The molecule has 1 aliphatic rings. The number of anilines is 1. The Morgan fingerprint density at radius 1 is 1.38 bits per heavy atom. The number of thiophene rings is 1. The van der Waals surface area contributed by atoms with Crippen molar-refractivity contribution in [2.45, 2.75) is 26.7 Å². The van der Waals surface area contributed by atoms with Gasteiger partial charge in [0.25, 0.3) is 0 Å². The third-order valence-corrected chi connectivity index (χ3v) is 5.12. The number of nitrogens with one attached hydrogen (secondary N) is 1. The van der Waals surface area contributed by atoms with Crippen LogP contribution in [-0.4, -0.2) is 35.7 Å². The van der Waals surface area contributed by atoms with Gasteiger partial charge >= 0.3 is 0 Å². The number of carbonyl (C=O) groups excluding carboxylic acids is 1. The van der Waals surface area contributed by atoms with Gasteiger partial charge in [-0.05, 0) is 42.3 Å². The highest BCUT2D eigenvalue weighted by molar-refractivity contribution is 7.13. The molecule has 3 heterocycles. The van der Waals surface area contributed by atoms with Crippen LogP contribution in [0.15, 0.2) is 29.6 Å². The maximum absolute atomic E-state index is 12.3. The van der Waals surface area contributed by atoms with Crippen molar-refractivity contribution in [1.82, 2.24) is 15.5 Å². The first-order valence-electron chi connectivity index (χ1n) is 8.53. The van der Waals surface area contributed by atoms with Gasteiger partial charge in [0.1, 0.15) is 5.69 Å². The van der Waals surface area contributed by atoms with Crippen molar-refractivity contribution in [1.29, 1.82) is 0 Å². The van der Waals surface area contributed by atoms with Gasteiger partial charge < -0.3 is 10.2 Å². The van der Waals surface area contributed by atoms with Gasteiger partial charge in [-0.1, -0.05) is 19.9 Å². The molecule has 2 aromatic heterocycles. The summed E-state index contributed by atoms with van der Waals surface area (Å²) in [5, 5.41) is 13.8. The normalized spacial score (nSPS) is 18.0. The van der Waals surface area contributed by atoms with E-state index in [2.05, 4.69) is 34.3 Å². The quantitative estimate of drug-likeness (QED) is 0.905. The minimum Gasteiger partial charge on any atom is -0.356 e. The minimum atomic E-state index is 0.0382. The average molecular weight is 344 g/mol. The summed E-state index contributed by atoms with van der Waals surface area (Å²) in [5.74, 6) is 1.54. The summed E-state index contributed by atoms with van der Waals surface area (Å²) in [4.78, 5) is 15.6. The fraction of sp³-hybridized carbons (Fsp3) is 0.500. The SMILES string of the molecule is CC(C)CNC(=O)C1CCCN(c2ccc(-c3cccs3)nn2)C1. The first-order chi connectivity index (χ1) is 11.6. The molecule has 0 bridgehead atoms. The molecule has 0 radical (unpaired) electrons. The van der Waals surface area contributed by atoms with E-state index in [1.807, 2.05) is 29.6 Å². The summed E-state index contributed by atoms with van der Waals surface area (Å²) in [6.07, 6.45) is 1.95. The van der Waals surface area contributed by atoms with Crippen molar-refractivity contribution in [2.24, 2.45) is 11.8 Å². The average Bonchev–Trinajstić information content (AvgIpc) is 3.14. The molecule has 1 amide bonds. The van der Waals surface area contributed by atoms with E-state index in [9.17, 15) is 4.79 Å². The molecule has 0 aromatic carbocycles. The molecule has 1 fully saturated rings. The number of carbonyl (C=O) groups is 1. The van der Waals surface area contributed by atoms with Crippen LogP contribution in [0.3, 0.4) is 0 Å². The fourth-order valence-corrected chi connectivity index (χ4v) is 3.59. The van der Waals surface area contributed by atoms with E-state index in [-0.39, 0.29) is 11.8 Å². The van der Waals surface area contributed by atoms with Crippen molar-refractivity contribution in [3.8, 4) is 10.6 Å². The lowest BCUT2D eigenvalue weighted by molar-refractivity contribution is -0.125. The second-order valence-electron chi connectivity index (χ2n) is 6.68. The molecular weight excluding hydrogens is 320 g/mol. The zero-order chi connectivity index (χ0) is 16.9. The summed E-state index contributed by atoms with van der Waals surface area (Å²) in [5.41, 5.74) is 0.900. The van der Waals surface area contributed by atoms with E-state index in [0.29, 0.717) is 5.92 Å². The summed E-state index contributed by atoms with van der Waals surface area (Å²) in [7, 11) is 0. The standard InChI is InChI=1S/C18H24N4OS/c1-13(2)11-19-18(23)14-5-3-9-22(12-14)17-8-7-15(20-21-17)16-6-4-10-24-16/h4,6-8,10,13-14H,3,5,9,11-12H2,1-2H3,(H,19,23). The third-order valence-electron chi connectivity index (χ3n) is 4.22. The Morgan fingerprint density at radius 2 is 2.25 bits per heavy atom. The van der Waals surface area contributed by atoms with Crippen LogP contribution in [0.2, 0.25) is 0 Å². The minimum absolute atomic E-state index is 0.0382. The largest absolute Gasteiger partial charge is 0.356 e. The lowest BCUT2D eigenvalue weighted by Crippen LogP contribution is -2.44. The van der Waals surface area contributed by atoms with Gasteiger partial charge in [0.2, 0.25) is 5.91 Å². The van der Waals surface area contributed by atoms with Crippen molar-refractivity contribution in [3.63, 3.8) is 0 Å². The monoisotopic (exact) mass is 344 g/mol. The maximum Gasteiger partial charge on any atom is 0.224 e. The molecule has 1 unspecified atom stereocenters. The van der Waals surface area contributed by atoms with Gasteiger partial charge in [-0.3, -0.25) is 4.79 Å². The molecule has 0 saturated carbocycles. The Bertz CT molecular complexity index is 654. The second-order valence-corrected chi connectivity index (χ2v) is 7.63. The molecule has 0 aliphatic carbocycles. The Balaban J connectivity index is 1.63. The topological polar surface area (TPSA) is 58.1 Å². The first-order valence-corrected chi connectivity index (χ1v) is 9.41. The number of rotatable bonds is 5. The van der Waals surface area contributed by atoms with Gasteiger partial charge in [0, 0.05) is 19.6 Å². The van der Waals surface area contributed by atoms with Gasteiger partial charge in [-0.2, -0.15) is 0 Å². The molecule has 1 saturated heterocycles. The Hall–Kier alpha value is -1.95. The molecule has 5 nitrogen and oxygen atoms in total. The van der Waals surface area contributed by atoms with Crippen LogP contribution >= 0.6 is 11.3 Å². The summed E-state index contributed by atoms with van der Waals surface area (Å²) in [6, 6.07) is 8.08. The lowest BCUT2D eigenvalue weighted by atomic mass is 9.97.